The number of anilines is 1. The van der Waals surface area contributed by atoms with Gasteiger partial charge in [0, 0.05) is 24.6 Å². The van der Waals surface area contributed by atoms with Gasteiger partial charge in [-0.2, -0.15) is 0 Å². The first-order valence-corrected chi connectivity index (χ1v) is 7.69. The lowest BCUT2D eigenvalue weighted by atomic mass is 10.1. The Morgan fingerprint density at radius 3 is 2.29 bits per heavy atom. The van der Waals surface area contributed by atoms with Gasteiger partial charge in [-0.3, -0.25) is 0 Å². The molecular weight excluding hydrogens is 274 g/mol. The Labute approximate surface area is 114 Å². The van der Waals surface area contributed by atoms with Crippen molar-refractivity contribution >= 4 is 21.6 Å². The van der Waals surface area contributed by atoms with E-state index in [1.54, 1.807) is 0 Å². The average molecular weight is 298 g/mol. The van der Waals surface area contributed by atoms with Crippen molar-refractivity contribution in [3.63, 3.8) is 0 Å². The standard InChI is InChI=1S/C15H24BrN/c1-4-6-14(11-16)12-17(3)15-9-7-13(5-2)8-10-15/h7-10,14H,4-6,11-12H2,1-3H3. The molecule has 1 aromatic rings. The fourth-order valence-corrected chi connectivity index (χ4v) is 2.63. The van der Waals surface area contributed by atoms with E-state index in [9.17, 15) is 0 Å². The van der Waals surface area contributed by atoms with Gasteiger partial charge in [-0.25, -0.2) is 0 Å². The molecule has 0 heterocycles. The quantitative estimate of drug-likeness (QED) is 0.670. The summed E-state index contributed by atoms with van der Waals surface area (Å²) in [5, 5.41) is 1.10. The zero-order chi connectivity index (χ0) is 12.7. The molecule has 0 spiro atoms. The van der Waals surface area contributed by atoms with E-state index in [1.165, 1.54) is 24.1 Å². The maximum Gasteiger partial charge on any atom is 0.0363 e. The topological polar surface area (TPSA) is 3.24 Å². The lowest BCUT2D eigenvalue weighted by Crippen LogP contribution is -2.26. The zero-order valence-corrected chi connectivity index (χ0v) is 12.8. The van der Waals surface area contributed by atoms with Crippen LogP contribution in [0.25, 0.3) is 0 Å². The molecule has 0 saturated carbocycles. The number of aryl methyl sites for hydroxylation is 1. The number of hydrogen-bond donors (Lipinski definition) is 0. The van der Waals surface area contributed by atoms with E-state index in [1.807, 2.05) is 0 Å². The predicted octanol–water partition coefficient (Wildman–Crippen LogP) is 4.50. The molecular formula is C15H24BrN. The minimum Gasteiger partial charge on any atom is -0.374 e. The lowest BCUT2D eigenvalue weighted by molar-refractivity contribution is 0.535. The molecule has 1 aromatic carbocycles. The summed E-state index contributed by atoms with van der Waals surface area (Å²) in [5.74, 6) is 0.746. The molecule has 0 aliphatic rings. The second-order valence-electron chi connectivity index (χ2n) is 4.71. The first-order chi connectivity index (χ1) is 8.21. The molecule has 2 heteroatoms. The van der Waals surface area contributed by atoms with Crippen LogP contribution in [0.5, 0.6) is 0 Å². The van der Waals surface area contributed by atoms with E-state index in [4.69, 9.17) is 0 Å². The number of halogens is 1. The average Bonchev–Trinajstić information content (AvgIpc) is 2.38. The Morgan fingerprint density at radius 1 is 1.18 bits per heavy atom. The van der Waals surface area contributed by atoms with Crippen molar-refractivity contribution < 1.29 is 0 Å². The van der Waals surface area contributed by atoms with Crippen LogP contribution in [0.3, 0.4) is 0 Å². The van der Waals surface area contributed by atoms with E-state index in [0.29, 0.717) is 0 Å². The zero-order valence-electron chi connectivity index (χ0n) is 11.2. The first kappa shape index (κ1) is 14.6. The van der Waals surface area contributed by atoms with Crippen LogP contribution in [0.1, 0.15) is 32.3 Å². The molecule has 1 atom stereocenters. The van der Waals surface area contributed by atoms with Crippen molar-refractivity contribution in [2.75, 3.05) is 23.8 Å². The number of rotatable bonds is 7. The van der Waals surface area contributed by atoms with E-state index >= 15 is 0 Å². The Hall–Kier alpha value is -0.500. The molecule has 96 valence electrons. The van der Waals surface area contributed by atoms with Crippen LogP contribution in [0.4, 0.5) is 5.69 Å². The van der Waals surface area contributed by atoms with Gasteiger partial charge < -0.3 is 4.90 Å². The van der Waals surface area contributed by atoms with Crippen LogP contribution < -0.4 is 4.90 Å². The van der Waals surface area contributed by atoms with Gasteiger partial charge in [0.15, 0.2) is 0 Å². The Morgan fingerprint density at radius 2 is 1.82 bits per heavy atom. The number of hydrogen-bond acceptors (Lipinski definition) is 1. The summed E-state index contributed by atoms with van der Waals surface area (Å²) in [7, 11) is 2.19. The van der Waals surface area contributed by atoms with Gasteiger partial charge >= 0.3 is 0 Å². The van der Waals surface area contributed by atoms with Crippen LogP contribution in [0.2, 0.25) is 0 Å². The third kappa shape index (κ3) is 4.71. The van der Waals surface area contributed by atoms with Crippen molar-refractivity contribution in [2.24, 2.45) is 5.92 Å². The van der Waals surface area contributed by atoms with E-state index < -0.39 is 0 Å². The molecule has 0 radical (unpaired) electrons. The first-order valence-electron chi connectivity index (χ1n) is 6.57. The van der Waals surface area contributed by atoms with Gasteiger partial charge in [-0.05, 0) is 36.5 Å². The molecule has 0 aliphatic heterocycles. The fraction of sp³-hybridized carbons (Fsp3) is 0.600. The summed E-state index contributed by atoms with van der Waals surface area (Å²) in [6.07, 6.45) is 3.67. The van der Waals surface area contributed by atoms with Gasteiger partial charge in [0.25, 0.3) is 0 Å². The summed E-state index contributed by atoms with van der Waals surface area (Å²) >= 11 is 3.61. The van der Waals surface area contributed by atoms with Crippen molar-refractivity contribution in [1.29, 1.82) is 0 Å². The minimum atomic E-state index is 0.746. The van der Waals surface area contributed by atoms with Crippen LogP contribution in [0, 0.1) is 5.92 Å². The highest BCUT2D eigenvalue weighted by atomic mass is 79.9. The predicted molar refractivity (Wildman–Crippen MR) is 81.3 cm³/mol. The summed E-state index contributed by atoms with van der Waals surface area (Å²) in [5.41, 5.74) is 2.73. The molecule has 17 heavy (non-hydrogen) atoms. The van der Waals surface area contributed by atoms with Crippen LogP contribution in [-0.4, -0.2) is 18.9 Å². The van der Waals surface area contributed by atoms with Crippen molar-refractivity contribution in [2.45, 2.75) is 33.1 Å². The van der Waals surface area contributed by atoms with Crippen LogP contribution >= 0.6 is 15.9 Å². The van der Waals surface area contributed by atoms with Gasteiger partial charge in [-0.1, -0.05) is 48.3 Å². The summed E-state index contributed by atoms with van der Waals surface area (Å²) in [4.78, 5) is 2.36. The largest absolute Gasteiger partial charge is 0.374 e. The second kappa shape index (κ2) is 7.75. The normalized spacial score (nSPS) is 12.5. The highest BCUT2D eigenvalue weighted by molar-refractivity contribution is 9.09. The lowest BCUT2D eigenvalue weighted by Gasteiger charge is -2.24. The molecule has 1 rings (SSSR count). The Balaban J connectivity index is 2.58. The fourth-order valence-electron chi connectivity index (χ4n) is 2.10. The van der Waals surface area contributed by atoms with Crippen molar-refractivity contribution in [1.82, 2.24) is 0 Å². The number of benzene rings is 1. The summed E-state index contributed by atoms with van der Waals surface area (Å²) < 4.78 is 0. The van der Waals surface area contributed by atoms with Crippen LogP contribution in [0.15, 0.2) is 24.3 Å². The smallest absolute Gasteiger partial charge is 0.0363 e. The maximum absolute atomic E-state index is 3.61. The van der Waals surface area contributed by atoms with E-state index in [-0.39, 0.29) is 0 Å². The maximum atomic E-state index is 3.61. The molecule has 0 fully saturated rings. The third-order valence-electron chi connectivity index (χ3n) is 3.23. The van der Waals surface area contributed by atoms with Crippen molar-refractivity contribution in [3.05, 3.63) is 29.8 Å². The molecule has 1 unspecified atom stereocenters. The molecule has 0 bridgehead atoms. The highest BCUT2D eigenvalue weighted by Crippen LogP contribution is 2.18. The molecule has 0 amide bonds. The van der Waals surface area contributed by atoms with Gasteiger partial charge in [0.05, 0.1) is 0 Å². The van der Waals surface area contributed by atoms with Gasteiger partial charge in [-0.15, -0.1) is 0 Å². The Kier molecular flexibility index (Phi) is 6.64. The molecule has 1 nitrogen and oxygen atoms in total. The van der Waals surface area contributed by atoms with Crippen molar-refractivity contribution in [3.8, 4) is 0 Å². The third-order valence-corrected chi connectivity index (χ3v) is 4.15. The van der Waals surface area contributed by atoms with E-state index in [2.05, 4.69) is 66.0 Å². The molecule has 0 N–H and O–H groups in total. The molecule has 0 aromatic heterocycles. The monoisotopic (exact) mass is 297 g/mol. The molecule has 0 saturated heterocycles. The van der Waals surface area contributed by atoms with Crippen LogP contribution in [-0.2, 0) is 6.42 Å². The summed E-state index contributed by atoms with van der Waals surface area (Å²) in [6.45, 7) is 5.58. The number of nitrogens with zero attached hydrogens (tertiary/aromatic N) is 1. The summed E-state index contributed by atoms with van der Waals surface area (Å²) in [6, 6.07) is 8.93. The van der Waals surface area contributed by atoms with Gasteiger partial charge in [0.1, 0.15) is 0 Å². The second-order valence-corrected chi connectivity index (χ2v) is 5.36. The highest BCUT2D eigenvalue weighted by Gasteiger charge is 2.10. The minimum absolute atomic E-state index is 0.746. The number of alkyl halides is 1. The Bertz CT molecular complexity index is 307. The SMILES string of the molecule is CCCC(CBr)CN(C)c1ccc(CC)cc1. The van der Waals surface area contributed by atoms with Gasteiger partial charge in [0.2, 0.25) is 0 Å². The van der Waals surface area contributed by atoms with E-state index in [0.717, 1.165) is 24.2 Å². The molecule has 0 aliphatic carbocycles.